The number of hydrogen-bond acceptors (Lipinski definition) is 3. The van der Waals surface area contributed by atoms with Gasteiger partial charge in [-0.15, -0.1) is 0 Å². The monoisotopic (exact) mass is 268 g/mol. The van der Waals surface area contributed by atoms with Crippen molar-refractivity contribution in [2.24, 2.45) is 0 Å². The molecule has 2 aromatic rings. The molecule has 0 amide bonds. The predicted octanol–water partition coefficient (Wildman–Crippen LogP) is 2.32. The van der Waals surface area contributed by atoms with Crippen LogP contribution >= 0.6 is 0 Å². The first kappa shape index (κ1) is 12.1. The van der Waals surface area contributed by atoms with Crippen LogP contribution in [0.1, 0.15) is 30.1 Å². The number of aromatic nitrogens is 2. The van der Waals surface area contributed by atoms with E-state index < -0.39 is 0 Å². The number of para-hydroxylation sites is 1. The Morgan fingerprint density at radius 2 is 2.30 bits per heavy atom. The lowest BCUT2D eigenvalue weighted by atomic mass is 9.93. The van der Waals surface area contributed by atoms with Gasteiger partial charge in [-0.25, -0.2) is 0 Å². The molecule has 3 heterocycles. The topological polar surface area (TPSA) is 44.0 Å². The van der Waals surface area contributed by atoms with Gasteiger partial charge in [0.1, 0.15) is 0 Å². The lowest BCUT2D eigenvalue weighted by molar-refractivity contribution is 0.129. The Morgan fingerprint density at radius 1 is 1.35 bits per heavy atom. The molecule has 1 fully saturated rings. The molecule has 4 rings (SSSR count). The number of benzene rings is 1. The van der Waals surface area contributed by atoms with E-state index >= 15 is 0 Å². The summed E-state index contributed by atoms with van der Waals surface area (Å²) in [6, 6.07) is 7.11. The van der Waals surface area contributed by atoms with Gasteiger partial charge in [0.2, 0.25) is 0 Å². The maximum Gasteiger partial charge on any atom is 0.0975 e. The highest BCUT2D eigenvalue weighted by Crippen LogP contribution is 2.36. The summed E-state index contributed by atoms with van der Waals surface area (Å²) < 4.78 is 0. The van der Waals surface area contributed by atoms with Crippen LogP contribution in [0.5, 0.6) is 0 Å². The summed E-state index contributed by atoms with van der Waals surface area (Å²) in [5.74, 6) is 0. The molecule has 0 bridgehead atoms. The van der Waals surface area contributed by atoms with E-state index in [1.165, 1.54) is 35.2 Å². The standard InChI is InChI=1S/C16H20N4/c1-20-9-7-14(20)12-5-2-6-13-15(18-19-16(12)13)11-4-3-8-17-10-11/h2,4-6,14,17H,3,7-10H2,1H3,(H,18,19)/t14-/m1/s1. The normalized spacial score (nSPS) is 23.6. The molecular formula is C16H20N4. The Hall–Kier alpha value is -1.65. The summed E-state index contributed by atoms with van der Waals surface area (Å²) in [5, 5.41) is 12.6. The van der Waals surface area contributed by atoms with Crippen molar-refractivity contribution in [2.75, 3.05) is 26.7 Å². The maximum absolute atomic E-state index is 4.61. The molecule has 1 aromatic heterocycles. The molecule has 2 N–H and O–H groups in total. The van der Waals surface area contributed by atoms with Crippen molar-refractivity contribution in [1.29, 1.82) is 0 Å². The molecule has 1 aromatic carbocycles. The molecule has 2 aliphatic rings. The third kappa shape index (κ3) is 1.79. The van der Waals surface area contributed by atoms with Gasteiger partial charge in [-0.2, -0.15) is 5.10 Å². The maximum atomic E-state index is 4.61. The molecule has 20 heavy (non-hydrogen) atoms. The first-order valence-electron chi connectivity index (χ1n) is 7.42. The molecule has 0 unspecified atom stereocenters. The van der Waals surface area contributed by atoms with Gasteiger partial charge in [-0.3, -0.25) is 10.00 Å². The zero-order valence-corrected chi connectivity index (χ0v) is 11.8. The predicted molar refractivity (Wildman–Crippen MR) is 81.5 cm³/mol. The van der Waals surface area contributed by atoms with Crippen LogP contribution in [0, 0.1) is 0 Å². The third-order valence-corrected chi connectivity index (χ3v) is 4.61. The highest BCUT2D eigenvalue weighted by molar-refractivity contribution is 5.92. The van der Waals surface area contributed by atoms with Crippen molar-refractivity contribution in [3.63, 3.8) is 0 Å². The summed E-state index contributed by atoms with van der Waals surface area (Å²) in [6.07, 6.45) is 4.66. The van der Waals surface area contributed by atoms with Crippen LogP contribution in [0.15, 0.2) is 24.3 Å². The minimum absolute atomic E-state index is 0.535. The van der Waals surface area contributed by atoms with Gasteiger partial charge in [0.05, 0.1) is 11.2 Å². The van der Waals surface area contributed by atoms with Crippen LogP contribution < -0.4 is 5.32 Å². The van der Waals surface area contributed by atoms with Crippen LogP contribution in [0.4, 0.5) is 0 Å². The van der Waals surface area contributed by atoms with Crippen LogP contribution in [-0.2, 0) is 0 Å². The van der Waals surface area contributed by atoms with Crippen LogP contribution in [0.25, 0.3) is 16.5 Å². The molecule has 0 spiro atoms. The molecule has 0 aliphatic carbocycles. The van der Waals surface area contributed by atoms with Crippen LogP contribution in [0.2, 0.25) is 0 Å². The Balaban J connectivity index is 1.81. The second-order valence-electron chi connectivity index (χ2n) is 5.82. The fraction of sp³-hybridized carbons (Fsp3) is 0.438. The number of likely N-dealkylation sites (tertiary alicyclic amines) is 1. The zero-order chi connectivity index (χ0) is 13.5. The largest absolute Gasteiger partial charge is 0.312 e. The van der Waals surface area contributed by atoms with Crippen molar-refractivity contribution >= 4 is 16.5 Å². The molecule has 0 radical (unpaired) electrons. The number of nitrogens with one attached hydrogen (secondary N) is 2. The molecule has 1 atom stereocenters. The number of aromatic amines is 1. The fourth-order valence-corrected chi connectivity index (χ4v) is 3.32. The number of nitrogens with zero attached hydrogens (tertiary/aromatic N) is 2. The average Bonchev–Trinajstić information content (AvgIpc) is 2.91. The Kier molecular flexibility index (Phi) is 2.86. The number of fused-ring (bicyclic) bond motifs is 1. The first-order valence-corrected chi connectivity index (χ1v) is 7.42. The number of rotatable bonds is 2. The summed E-state index contributed by atoms with van der Waals surface area (Å²) in [4.78, 5) is 2.39. The lowest BCUT2D eigenvalue weighted by Gasteiger charge is -2.38. The molecule has 104 valence electrons. The van der Waals surface area contributed by atoms with Crippen molar-refractivity contribution in [3.05, 3.63) is 35.5 Å². The van der Waals surface area contributed by atoms with E-state index in [0.29, 0.717) is 6.04 Å². The quantitative estimate of drug-likeness (QED) is 0.878. The molecule has 4 heteroatoms. The lowest BCUT2D eigenvalue weighted by Crippen LogP contribution is -2.37. The van der Waals surface area contributed by atoms with E-state index in [9.17, 15) is 0 Å². The average molecular weight is 268 g/mol. The number of H-pyrrole nitrogens is 1. The number of hydrogen-bond donors (Lipinski definition) is 2. The second kappa shape index (κ2) is 4.72. The van der Waals surface area contributed by atoms with E-state index in [1.807, 2.05) is 0 Å². The Labute approximate surface area is 118 Å². The van der Waals surface area contributed by atoms with Crippen molar-refractivity contribution in [2.45, 2.75) is 18.9 Å². The van der Waals surface area contributed by atoms with Gasteiger partial charge in [-0.1, -0.05) is 24.3 Å². The minimum Gasteiger partial charge on any atom is -0.312 e. The van der Waals surface area contributed by atoms with Gasteiger partial charge in [0.15, 0.2) is 0 Å². The molecular weight excluding hydrogens is 248 g/mol. The van der Waals surface area contributed by atoms with Gasteiger partial charge in [0.25, 0.3) is 0 Å². The van der Waals surface area contributed by atoms with Crippen molar-refractivity contribution in [1.82, 2.24) is 20.4 Å². The first-order chi connectivity index (χ1) is 9.84. The van der Waals surface area contributed by atoms with Crippen LogP contribution in [0.3, 0.4) is 0 Å². The van der Waals surface area contributed by atoms with E-state index in [1.54, 1.807) is 0 Å². The summed E-state index contributed by atoms with van der Waals surface area (Å²) in [7, 11) is 2.19. The van der Waals surface area contributed by atoms with E-state index in [2.05, 4.69) is 51.7 Å². The third-order valence-electron chi connectivity index (χ3n) is 4.61. The highest BCUT2D eigenvalue weighted by atomic mass is 15.2. The van der Waals surface area contributed by atoms with Crippen LogP contribution in [-0.4, -0.2) is 41.8 Å². The van der Waals surface area contributed by atoms with Crippen molar-refractivity contribution < 1.29 is 0 Å². The van der Waals surface area contributed by atoms with E-state index in [-0.39, 0.29) is 0 Å². The minimum atomic E-state index is 0.535. The SMILES string of the molecule is CN1CC[C@@H]1c1cccc2c(C3=CCCNC3)[nH]nc12. The van der Waals surface area contributed by atoms with Gasteiger partial charge < -0.3 is 5.32 Å². The molecule has 4 nitrogen and oxygen atoms in total. The molecule has 1 saturated heterocycles. The smallest absolute Gasteiger partial charge is 0.0975 e. The highest BCUT2D eigenvalue weighted by Gasteiger charge is 2.28. The molecule has 0 saturated carbocycles. The Morgan fingerprint density at radius 3 is 3.00 bits per heavy atom. The van der Waals surface area contributed by atoms with E-state index in [0.717, 1.165) is 25.0 Å². The summed E-state index contributed by atoms with van der Waals surface area (Å²) >= 11 is 0. The van der Waals surface area contributed by atoms with Crippen molar-refractivity contribution in [3.8, 4) is 0 Å². The Bertz CT molecular complexity index is 670. The van der Waals surface area contributed by atoms with Gasteiger partial charge >= 0.3 is 0 Å². The van der Waals surface area contributed by atoms with Gasteiger partial charge in [-0.05, 0) is 37.6 Å². The molecule has 2 aliphatic heterocycles. The summed E-state index contributed by atoms with van der Waals surface area (Å²) in [6.45, 7) is 3.20. The zero-order valence-electron chi connectivity index (χ0n) is 11.8. The fourth-order valence-electron chi connectivity index (χ4n) is 3.32. The van der Waals surface area contributed by atoms with Gasteiger partial charge in [0, 0.05) is 24.5 Å². The summed E-state index contributed by atoms with van der Waals surface area (Å²) in [5.41, 5.74) is 5.04. The second-order valence-corrected chi connectivity index (χ2v) is 5.82. The van der Waals surface area contributed by atoms with E-state index in [4.69, 9.17) is 0 Å².